The van der Waals surface area contributed by atoms with Crippen molar-refractivity contribution < 1.29 is 185 Å². The van der Waals surface area contributed by atoms with Crippen LogP contribution < -0.4 is 14.6 Å². The molecule has 0 saturated carbocycles. The molecule has 1 aliphatic rings. The first kappa shape index (κ1) is 68.4. The molecule has 0 radical (unpaired) electrons. The summed E-state index contributed by atoms with van der Waals surface area (Å²) in [5.74, 6) is -85.0. The van der Waals surface area contributed by atoms with Gasteiger partial charge in [-0.2, -0.15) is 0 Å². The van der Waals surface area contributed by atoms with Crippen LogP contribution in [0.1, 0.15) is 0 Å². The SMILES string of the molecule is FC(F)C(F)(F)C(F)(F)CO[PH]1(OCC(F)(F)C(F)(F)C(F)F)N[PH](OCC(F)(F)C(F)(F)C(F)F)(OCC(F)(F)C(F)(F)C(F)F)N[PH](OCC(F)(F)C(F)(F)C(F)F)(OCC(F)(F)C(F)(F)C(F)F)N1. The third-order valence-electron chi connectivity index (χ3n) is 8.30. The van der Waals surface area contributed by atoms with Crippen molar-refractivity contribution in [3.8, 4) is 0 Å². The second kappa shape index (κ2) is 22.0. The maximum atomic E-state index is 14.6. The Hall–Kier alpha value is -1.59. The minimum atomic E-state index is -8.43. The average molecular weight is 1230 g/mol. The second-order valence-electron chi connectivity index (χ2n) is 13.7. The molecule has 1 aliphatic heterocycles. The van der Waals surface area contributed by atoms with Crippen molar-refractivity contribution in [3.05, 3.63) is 0 Å². The molecule has 1 fully saturated rings. The van der Waals surface area contributed by atoms with Crippen LogP contribution in [-0.2, 0) is 27.1 Å². The number of nitrogens with one attached hydrogen (secondary N) is 3. The zero-order chi connectivity index (χ0) is 57.6. The Kier molecular flexibility index (Phi) is 20.9. The average Bonchev–Trinajstić information content (AvgIpc) is 3.21. The van der Waals surface area contributed by atoms with E-state index in [1.807, 2.05) is 0 Å². The Morgan fingerprint density at radius 3 is 0.403 bits per heavy atom. The van der Waals surface area contributed by atoms with Gasteiger partial charge in [0.15, 0.2) is 0 Å². The van der Waals surface area contributed by atoms with Crippen LogP contribution in [0.15, 0.2) is 0 Å². The molecular formula is C24H24F36N3O6P3. The third kappa shape index (κ3) is 14.1. The molecule has 48 heteroatoms. The summed E-state index contributed by atoms with van der Waals surface area (Å²) in [6.07, 6.45) is -35.1. The zero-order valence-electron chi connectivity index (χ0n) is 32.8. The van der Waals surface area contributed by atoms with Crippen molar-refractivity contribution in [1.82, 2.24) is 14.6 Å². The molecule has 1 saturated heterocycles. The minimum absolute atomic E-state index is 0.207. The fraction of sp³-hybridized carbons (Fsp3) is 1.00. The first-order chi connectivity index (χ1) is 31.5. The fourth-order valence-corrected chi connectivity index (χ4v) is 17.6. The van der Waals surface area contributed by atoms with Crippen molar-refractivity contribution in [3.63, 3.8) is 0 Å². The number of hydrogen-bond acceptors (Lipinski definition) is 9. The second-order valence-corrected chi connectivity index (χ2v) is 22.2. The van der Waals surface area contributed by atoms with Gasteiger partial charge in [0.2, 0.25) is 0 Å². The Morgan fingerprint density at radius 2 is 0.319 bits per heavy atom. The van der Waals surface area contributed by atoms with Gasteiger partial charge in [0.25, 0.3) is 0 Å². The number of halogens is 36. The Balaban J connectivity index is 4.90. The van der Waals surface area contributed by atoms with Crippen molar-refractivity contribution >= 4 is 24.1 Å². The predicted octanol–water partition coefficient (Wildman–Crippen LogP) is 12.3. The van der Waals surface area contributed by atoms with Gasteiger partial charge < -0.3 is 0 Å². The van der Waals surface area contributed by atoms with Gasteiger partial charge in [-0.1, -0.05) is 0 Å². The summed E-state index contributed by atoms with van der Waals surface area (Å²) >= 11 is 0. The summed E-state index contributed by atoms with van der Waals surface area (Å²) in [7, 11) is -25.3. The molecule has 0 atom stereocenters. The van der Waals surface area contributed by atoms with E-state index >= 15 is 0 Å². The summed E-state index contributed by atoms with van der Waals surface area (Å²) in [6, 6.07) is 0. The van der Waals surface area contributed by atoms with E-state index in [2.05, 4.69) is 27.1 Å². The molecule has 0 aliphatic carbocycles. The number of hydrogen-bond donors (Lipinski definition) is 3. The molecule has 0 aromatic rings. The van der Waals surface area contributed by atoms with Crippen LogP contribution in [0.5, 0.6) is 0 Å². The molecule has 0 aromatic carbocycles. The van der Waals surface area contributed by atoms with Gasteiger partial charge in [-0.3, -0.25) is 0 Å². The van der Waals surface area contributed by atoms with Gasteiger partial charge in [-0.25, -0.2) is 0 Å². The van der Waals surface area contributed by atoms with Gasteiger partial charge in [0.1, 0.15) is 0 Å². The molecule has 1 rings (SSSR count). The Bertz CT molecular complexity index is 1450. The molecule has 9 nitrogen and oxygen atoms in total. The van der Waals surface area contributed by atoms with Crippen LogP contribution in [0.4, 0.5) is 158 Å². The Morgan fingerprint density at radius 1 is 0.222 bits per heavy atom. The van der Waals surface area contributed by atoms with E-state index in [4.69, 9.17) is 0 Å². The molecule has 0 bridgehead atoms. The van der Waals surface area contributed by atoms with E-state index in [1.165, 1.54) is 0 Å². The summed E-state index contributed by atoms with van der Waals surface area (Å²) in [5.41, 5.74) is 0. The van der Waals surface area contributed by atoms with Crippen molar-refractivity contribution in [2.45, 2.75) is 110 Å². The summed E-state index contributed by atoms with van der Waals surface area (Å²) in [4.78, 5) is 0.620. The summed E-state index contributed by atoms with van der Waals surface area (Å²) < 4.78 is 521. The van der Waals surface area contributed by atoms with Crippen LogP contribution in [0, 0.1) is 0 Å². The first-order valence-corrected chi connectivity index (χ1v) is 22.4. The maximum absolute atomic E-state index is 14.6. The van der Waals surface area contributed by atoms with Crippen LogP contribution in [0.25, 0.3) is 0 Å². The van der Waals surface area contributed by atoms with Gasteiger partial charge in [0, 0.05) is 0 Å². The molecule has 0 unspecified atom stereocenters. The van der Waals surface area contributed by atoms with Gasteiger partial charge >= 0.3 is 373 Å². The van der Waals surface area contributed by atoms with Gasteiger partial charge in [0.05, 0.1) is 0 Å². The van der Waals surface area contributed by atoms with E-state index in [9.17, 15) is 158 Å². The van der Waals surface area contributed by atoms with Crippen LogP contribution in [0.3, 0.4) is 0 Å². The van der Waals surface area contributed by atoms with Crippen LogP contribution in [-0.4, -0.2) is 149 Å². The molecule has 1 heterocycles. The van der Waals surface area contributed by atoms with E-state index in [1.54, 1.807) is 0 Å². The molecule has 72 heavy (non-hydrogen) atoms. The molecular weight excluding hydrogens is 1200 g/mol. The number of alkyl halides is 36. The number of rotatable bonds is 30. The topological polar surface area (TPSA) is 91.5 Å². The summed E-state index contributed by atoms with van der Waals surface area (Å²) in [5, 5.41) is 0. The zero-order valence-corrected chi connectivity index (χ0v) is 35.8. The van der Waals surface area contributed by atoms with E-state index in [0.717, 1.165) is 0 Å². The molecule has 0 spiro atoms. The summed E-state index contributed by atoms with van der Waals surface area (Å²) in [6.45, 7) is -25.2. The van der Waals surface area contributed by atoms with Crippen LogP contribution >= 0.6 is 24.1 Å². The van der Waals surface area contributed by atoms with Gasteiger partial charge in [-0.05, 0) is 0 Å². The first-order valence-electron chi connectivity index (χ1n) is 17.0. The molecule has 0 aromatic heterocycles. The Labute approximate surface area is 374 Å². The van der Waals surface area contributed by atoms with E-state index < -0.39 is 173 Å². The molecule has 438 valence electrons. The quantitative estimate of drug-likeness (QED) is 0.0480. The normalized spacial score (nSPS) is 20.1. The van der Waals surface area contributed by atoms with E-state index in [0.29, 0.717) is 0 Å². The fourth-order valence-electron chi connectivity index (χ4n) is 3.99. The molecule has 0 amide bonds. The van der Waals surface area contributed by atoms with Crippen molar-refractivity contribution in [1.29, 1.82) is 0 Å². The van der Waals surface area contributed by atoms with Gasteiger partial charge in [-0.15, -0.1) is 0 Å². The van der Waals surface area contributed by atoms with E-state index in [-0.39, 0.29) is 14.6 Å². The standard InChI is InChI=1S/C24H24F36N3O6P3/c25-7(26)19(49,50)13(37,38)1-64-70(65-2-14(39,40)20(51,52)8(27)28)61-71(66-3-15(41,42)21(53,54)9(29)30,67-4-16(43,44)22(55,56)10(31)32)63-72(62-70,68-5-17(45,46)23(57,58)11(33)34)69-6-18(47,48)24(59,60)12(35)36/h7-12,61-63,70-72H,1-6H2. The third-order valence-corrected chi connectivity index (χ3v) is 19.5. The monoisotopic (exact) mass is 1230 g/mol. The predicted molar refractivity (Wildman–Crippen MR) is 165 cm³/mol. The van der Waals surface area contributed by atoms with Crippen LogP contribution in [0.2, 0.25) is 0 Å². The van der Waals surface area contributed by atoms with Crippen molar-refractivity contribution in [2.24, 2.45) is 0 Å². The molecule has 3 N–H and O–H groups in total. The van der Waals surface area contributed by atoms with Crippen molar-refractivity contribution in [2.75, 3.05) is 39.6 Å².